The van der Waals surface area contributed by atoms with Crippen molar-refractivity contribution >= 4 is 5.97 Å². The van der Waals surface area contributed by atoms with Crippen LogP contribution in [-0.4, -0.2) is 38.9 Å². The van der Waals surface area contributed by atoms with Gasteiger partial charge in [-0.2, -0.15) is 0 Å². The van der Waals surface area contributed by atoms with E-state index in [2.05, 4.69) is 5.32 Å². The molecule has 1 unspecified atom stereocenters. The van der Waals surface area contributed by atoms with E-state index in [-0.39, 0.29) is 12.1 Å². The minimum Gasteiger partial charge on any atom is -0.469 e. The van der Waals surface area contributed by atoms with Gasteiger partial charge in [-0.3, -0.25) is 4.79 Å². The van der Waals surface area contributed by atoms with Crippen LogP contribution in [0.4, 0.5) is 0 Å². The average molecular weight is 201 g/mol. The molecule has 0 aliphatic carbocycles. The topological polar surface area (TPSA) is 47.6 Å². The predicted octanol–water partition coefficient (Wildman–Crippen LogP) is 0.564. The van der Waals surface area contributed by atoms with Gasteiger partial charge in [0.1, 0.15) is 0 Å². The Bertz CT molecular complexity index is 198. The molecular formula is C10H19NO3. The first kappa shape index (κ1) is 11.5. The van der Waals surface area contributed by atoms with E-state index in [1.807, 2.05) is 13.8 Å². The van der Waals surface area contributed by atoms with Gasteiger partial charge in [-0.1, -0.05) is 0 Å². The Morgan fingerprint density at radius 3 is 2.79 bits per heavy atom. The number of hydrogen-bond donors (Lipinski definition) is 1. The molecule has 1 fully saturated rings. The van der Waals surface area contributed by atoms with Gasteiger partial charge in [0.2, 0.25) is 0 Å². The van der Waals surface area contributed by atoms with Gasteiger partial charge < -0.3 is 14.8 Å². The molecule has 14 heavy (non-hydrogen) atoms. The summed E-state index contributed by atoms with van der Waals surface area (Å²) in [5, 5.41) is 3.21. The zero-order chi connectivity index (χ0) is 10.6. The largest absolute Gasteiger partial charge is 0.469 e. The van der Waals surface area contributed by atoms with Crippen molar-refractivity contribution in [3.63, 3.8) is 0 Å². The van der Waals surface area contributed by atoms with Gasteiger partial charge in [0.15, 0.2) is 0 Å². The molecule has 0 radical (unpaired) electrons. The van der Waals surface area contributed by atoms with E-state index in [1.165, 1.54) is 7.11 Å². The summed E-state index contributed by atoms with van der Waals surface area (Å²) in [7, 11) is 1.40. The third-order valence-electron chi connectivity index (χ3n) is 2.43. The molecule has 1 heterocycles. The molecular weight excluding hydrogens is 182 g/mol. The number of nitrogens with one attached hydrogen (secondary N) is 1. The summed E-state index contributed by atoms with van der Waals surface area (Å²) in [6.45, 7) is 5.98. The number of methoxy groups -OCH3 is 1. The third kappa shape index (κ3) is 2.96. The van der Waals surface area contributed by atoms with Gasteiger partial charge in [0, 0.05) is 6.54 Å². The average Bonchev–Trinajstić information content (AvgIpc) is 2.66. The van der Waals surface area contributed by atoms with Crippen molar-refractivity contribution in [2.24, 2.45) is 5.41 Å². The highest BCUT2D eigenvalue weighted by atomic mass is 16.5. The van der Waals surface area contributed by atoms with Crippen LogP contribution in [0.1, 0.15) is 20.3 Å². The predicted molar refractivity (Wildman–Crippen MR) is 53.0 cm³/mol. The van der Waals surface area contributed by atoms with E-state index < -0.39 is 5.41 Å². The number of hydrogen-bond acceptors (Lipinski definition) is 4. The molecule has 0 saturated carbocycles. The maximum Gasteiger partial charge on any atom is 0.313 e. The first-order chi connectivity index (χ1) is 6.56. The van der Waals surface area contributed by atoms with Crippen LogP contribution in [0.15, 0.2) is 0 Å². The second kappa shape index (κ2) is 4.75. The number of carbonyl (C=O) groups excluding carboxylic acids is 1. The van der Waals surface area contributed by atoms with Gasteiger partial charge in [0.25, 0.3) is 0 Å². The lowest BCUT2D eigenvalue weighted by Crippen LogP contribution is -2.33. The van der Waals surface area contributed by atoms with Crippen molar-refractivity contribution in [3.8, 4) is 0 Å². The van der Waals surface area contributed by atoms with Crippen molar-refractivity contribution in [2.75, 3.05) is 26.8 Å². The molecule has 0 amide bonds. The number of rotatable bonds is 4. The molecule has 0 aromatic carbocycles. The summed E-state index contributed by atoms with van der Waals surface area (Å²) in [5.74, 6) is -0.219. The van der Waals surface area contributed by atoms with Crippen LogP contribution < -0.4 is 5.32 Å². The van der Waals surface area contributed by atoms with Crippen molar-refractivity contribution in [1.29, 1.82) is 0 Å². The molecule has 0 spiro atoms. The third-order valence-corrected chi connectivity index (χ3v) is 2.43. The lowest BCUT2D eigenvalue weighted by Gasteiger charge is -2.23. The van der Waals surface area contributed by atoms with E-state index in [1.54, 1.807) is 0 Å². The summed E-state index contributed by atoms with van der Waals surface area (Å²) in [4.78, 5) is 11.3. The van der Waals surface area contributed by atoms with Gasteiger partial charge >= 0.3 is 5.97 Å². The Kier molecular flexibility index (Phi) is 3.89. The van der Waals surface area contributed by atoms with Crippen LogP contribution in [0.5, 0.6) is 0 Å². The maximum atomic E-state index is 11.3. The summed E-state index contributed by atoms with van der Waals surface area (Å²) in [6, 6.07) is 0. The highest BCUT2D eigenvalue weighted by molar-refractivity contribution is 5.75. The number of carbonyl (C=O) groups is 1. The van der Waals surface area contributed by atoms with Gasteiger partial charge in [-0.05, 0) is 26.8 Å². The van der Waals surface area contributed by atoms with E-state index in [9.17, 15) is 4.79 Å². The molecule has 4 nitrogen and oxygen atoms in total. The van der Waals surface area contributed by atoms with Crippen molar-refractivity contribution in [1.82, 2.24) is 5.32 Å². The van der Waals surface area contributed by atoms with E-state index in [0.717, 1.165) is 19.5 Å². The van der Waals surface area contributed by atoms with E-state index in [0.29, 0.717) is 6.61 Å². The second-order valence-electron chi connectivity index (χ2n) is 4.30. The zero-order valence-corrected chi connectivity index (χ0v) is 9.13. The Balaban J connectivity index is 2.31. The second-order valence-corrected chi connectivity index (χ2v) is 4.30. The van der Waals surface area contributed by atoms with Crippen LogP contribution in [0.3, 0.4) is 0 Å². The van der Waals surface area contributed by atoms with Crippen LogP contribution >= 0.6 is 0 Å². The normalized spacial score (nSPS) is 22.4. The monoisotopic (exact) mass is 201 g/mol. The summed E-state index contributed by atoms with van der Waals surface area (Å²) >= 11 is 0. The molecule has 1 aliphatic heterocycles. The fourth-order valence-electron chi connectivity index (χ4n) is 1.43. The highest BCUT2D eigenvalue weighted by Gasteiger charge is 2.30. The molecule has 1 aliphatic rings. The Labute approximate surface area is 85.0 Å². The quantitative estimate of drug-likeness (QED) is 0.675. The Morgan fingerprint density at radius 2 is 2.29 bits per heavy atom. The maximum absolute atomic E-state index is 11.3. The molecule has 0 aromatic heterocycles. The van der Waals surface area contributed by atoms with Crippen molar-refractivity contribution in [3.05, 3.63) is 0 Å². The first-order valence-corrected chi connectivity index (χ1v) is 4.97. The summed E-state index contributed by atoms with van der Waals surface area (Å²) in [5.41, 5.74) is -0.544. The zero-order valence-electron chi connectivity index (χ0n) is 9.13. The molecule has 4 heteroatoms. The molecule has 0 bridgehead atoms. The molecule has 1 saturated heterocycles. The molecule has 82 valence electrons. The van der Waals surface area contributed by atoms with Crippen LogP contribution in [0.2, 0.25) is 0 Å². The van der Waals surface area contributed by atoms with Crippen molar-refractivity contribution < 1.29 is 14.3 Å². The lowest BCUT2D eigenvalue weighted by atomic mass is 9.95. The molecule has 1 rings (SSSR count). The van der Waals surface area contributed by atoms with Gasteiger partial charge in [-0.15, -0.1) is 0 Å². The molecule has 1 atom stereocenters. The van der Waals surface area contributed by atoms with E-state index in [4.69, 9.17) is 9.47 Å². The number of esters is 1. The summed E-state index contributed by atoms with van der Waals surface area (Å²) < 4.78 is 10.3. The number of ether oxygens (including phenoxy) is 2. The minimum absolute atomic E-state index is 0.219. The van der Waals surface area contributed by atoms with Crippen molar-refractivity contribution in [2.45, 2.75) is 26.4 Å². The SMILES string of the molecule is COC(=O)C(C)(C)COC1CCNC1. The Hall–Kier alpha value is -0.610. The Morgan fingerprint density at radius 1 is 1.57 bits per heavy atom. The fraction of sp³-hybridized carbons (Fsp3) is 0.900. The van der Waals surface area contributed by atoms with Crippen LogP contribution in [0, 0.1) is 5.41 Å². The minimum atomic E-state index is -0.544. The first-order valence-electron chi connectivity index (χ1n) is 4.97. The highest BCUT2D eigenvalue weighted by Crippen LogP contribution is 2.19. The smallest absolute Gasteiger partial charge is 0.313 e. The van der Waals surface area contributed by atoms with Crippen LogP contribution in [0.25, 0.3) is 0 Å². The van der Waals surface area contributed by atoms with Gasteiger partial charge in [-0.25, -0.2) is 0 Å². The standard InChI is InChI=1S/C10H19NO3/c1-10(2,9(12)13-3)7-14-8-4-5-11-6-8/h8,11H,4-7H2,1-3H3. The molecule has 0 aromatic rings. The molecule has 1 N–H and O–H groups in total. The van der Waals surface area contributed by atoms with E-state index >= 15 is 0 Å². The summed E-state index contributed by atoms with van der Waals surface area (Å²) in [6.07, 6.45) is 1.27. The van der Waals surface area contributed by atoms with Crippen LogP contribution in [-0.2, 0) is 14.3 Å². The fourth-order valence-corrected chi connectivity index (χ4v) is 1.43. The van der Waals surface area contributed by atoms with Gasteiger partial charge in [0.05, 0.1) is 25.2 Å². The lowest BCUT2D eigenvalue weighted by molar-refractivity contribution is -0.155.